The van der Waals surface area contributed by atoms with E-state index in [0.717, 1.165) is 25.7 Å². The van der Waals surface area contributed by atoms with Gasteiger partial charge in [-0.3, -0.25) is 9.59 Å². The van der Waals surface area contributed by atoms with E-state index in [1.54, 1.807) is 34.7 Å². The van der Waals surface area contributed by atoms with E-state index in [2.05, 4.69) is 28.2 Å². The van der Waals surface area contributed by atoms with Gasteiger partial charge >= 0.3 is 0 Å². The zero-order valence-electron chi connectivity index (χ0n) is 18.0. The van der Waals surface area contributed by atoms with Crippen LogP contribution in [0.1, 0.15) is 17.5 Å². The molecular weight excluding hydrogens is 456 g/mol. The van der Waals surface area contributed by atoms with E-state index in [1.165, 1.54) is 18.0 Å². The van der Waals surface area contributed by atoms with Crippen molar-refractivity contribution >= 4 is 45.1 Å². The molecule has 0 unspecified atom stereocenters. The highest BCUT2D eigenvalue weighted by Gasteiger charge is 2.29. The maximum Gasteiger partial charge on any atom is 0.289 e. The lowest BCUT2D eigenvalue weighted by atomic mass is 10.2. The third kappa shape index (κ3) is 4.51. The minimum absolute atomic E-state index is 0.0525. The Kier molecular flexibility index (Phi) is 6.15. The molecule has 0 saturated carbocycles. The van der Waals surface area contributed by atoms with Crippen LogP contribution in [0.3, 0.4) is 0 Å². The number of piperazine rings is 1. The molecule has 0 bridgehead atoms. The van der Waals surface area contributed by atoms with Crippen molar-refractivity contribution < 1.29 is 14.0 Å². The molecule has 3 aromatic heterocycles. The van der Waals surface area contributed by atoms with Gasteiger partial charge in [-0.15, -0.1) is 11.3 Å². The van der Waals surface area contributed by atoms with E-state index < -0.39 is 0 Å². The summed E-state index contributed by atoms with van der Waals surface area (Å²) in [5.74, 6) is 0.249. The van der Waals surface area contributed by atoms with E-state index in [1.807, 2.05) is 30.0 Å². The first-order valence-electron chi connectivity index (χ1n) is 10.7. The van der Waals surface area contributed by atoms with Crippen LogP contribution in [0.25, 0.3) is 20.7 Å². The summed E-state index contributed by atoms with van der Waals surface area (Å²) >= 11 is 3.11. The van der Waals surface area contributed by atoms with Gasteiger partial charge in [0.1, 0.15) is 11.4 Å². The van der Waals surface area contributed by atoms with Crippen molar-refractivity contribution in [3.8, 4) is 10.4 Å². The van der Waals surface area contributed by atoms with Gasteiger partial charge in [0.05, 0.1) is 21.7 Å². The fourth-order valence-corrected chi connectivity index (χ4v) is 6.00. The molecule has 0 N–H and O–H groups in total. The molecule has 1 fully saturated rings. The van der Waals surface area contributed by atoms with Crippen molar-refractivity contribution in [1.82, 2.24) is 19.8 Å². The van der Waals surface area contributed by atoms with Gasteiger partial charge in [0.15, 0.2) is 5.76 Å². The number of fused-ring (bicyclic) bond motifs is 1. The molecule has 1 aliphatic rings. The average molecular weight is 479 g/mol. The second-order valence-corrected chi connectivity index (χ2v) is 10.1. The fraction of sp³-hybridized carbons (Fsp3) is 0.250. The molecule has 1 atom stereocenters. The van der Waals surface area contributed by atoms with E-state index in [9.17, 15) is 9.59 Å². The van der Waals surface area contributed by atoms with Crippen molar-refractivity contribution in [2.75, 3.05) is 26.2 Å². The molecule has 0 aliphatic carbocycles. The molecule has 4 heterocycles. The predicted octanol–water partition coefficient (Wildman–Crippen LogP) is 4.42. The molecule has 0 spiro atoms. The van der Waals surface area contributed by atoms with Crippen LogP contribution in [0.4, 0.5) is 0 Å². The Morgan fingerprint density at radius 3 is 2.52 bits per heavy atom. The lowest BCUT2D eigenvalue weighted by molar-refractivity contribution is -0.131. The van der Waals surface area contributed by atoms with Gasteiger partial charge in [-0.05, 0) is 30.7 Å². The van der Waals surface area contributed by atoms with E-state index in [-0.39, 0.29) is 17.1 Å². The van der Waals surface area contributed by atoms with E-state index in [0.29, 0.717) is 31.9 Å². The number of thiophene rings is 1. The second-order valence-electron chi connectivity index (χ2n) is 7.72. The standard InChI is InChI=1S/C24H22N4O3S2/c1-16(23(29)27-9-11-28(12-10-27)24(30)19-8-5-13-31-19)32-22-21-18(25-15-26-22)14-20(33-21)17-6-3-2-4-7-17/h2-8,13-16H,9-12H2,1H3/t16-/m0/s1. The highest BCUT2D eigenvalue weighted by atomic mass is 32.2. The summed E-state index contributed by atoms with van der Waals surface area (Å²) in [6.07, 6.45) is 3.05. The molecule has 9 heteroatoms. The van der Waals surface area contributed by atoms with Crippen LogP contribution < -0.4 is 0 Å². The summed E-state index contributed by atoms with van der Waals surface area (Å²) < 4.78 is 6.20. The van der Waals surface area contributed by atoms with Gasteiger partial charge in [-0.2, -0.15) is 0 Å². The molecular formula is C24H22N4O3S2. The number of carbonyl (C=O) groups is 2. The Balaban J connectivity index is 1.25. The Bertz CT molecular complexity index is 1270. The quantitative estimate of drug-likeness (QED) is 0.312. The monoisotopic (exact) mass is 478 g/mol. The molecule has 2 amide bonds. The lowest BCUT2D eigenvalue weighted by Crippen LogP contribution is -2.52. The Morgan fingerprint density at radius 2 is 1.79 bits per heavy atom. The average Bonchev–Trinajstić information content (AvgIpc) is 3.55. The topological polar surface area (TPSA) is 79.5 Å². The Labute approximate surface area is 199 Å². The molecule has 1 saturated heterocycles. The van der Waals surface area contributed by atoms with Crippen LogP contribution in [0, 0.1) is 0 Å². The van der Waals surface area contributed by atoms with Gasteiger partial charge in [-0.1, -0.05) is 42.1 Å². The summed E-state index contributed by atoms with van der Waals surface area (Å²) in [6, 6.07) is 15.6. The summed E-state index contributed by atoms with van der Waals surface area (Å²) in [5, 5.41) is 0.525. The van der Waals surface area contributed by atoms with Gasteiger partial charge < -0.3 is 14.2 Å². The summed E-state index contributed by atoms with van der Waals surface area (Å²) in [7, 11) is 0. The number of amides is 2. The number of nitrogens with zero attached hydrogens (tertiary/aromatic N) is 4. The van der Waals surface area contributed by atoms with Gasteiger partial charge in [0, 0.05) is 31.1 Å². The minimum atomic E-state index is -0.294. The first-order chi connectivity index (χ1) is 16.1. The number of hydrogen-bond donors (Lipinski definition) is 0. The largest absolute Gasteiger partial charge is 0.459 e. The van der Waals surface area contributed by atoms with E-state index >= 15 is 0 Å². The van der Waals surface area contributed by atoms with Crippen LogP contribution >= 0.6 is 23.1 Å². The van der Waals surface area contributed by atoms with Crippen LogP contribution in [0.5, 0.6) is 0 Å². The molecule has 0 radical (unpaired) electrons. The highest BCUT2D eigenvalue weighted by Crippen LogP contribution is 2.38. The van der Waals surface area contributed by atoms with Crippen LogP contribution in [-0.2, 0) is 4.79 Å². The number of rotatable bonds is 5. The number of aromatic nitrogens is 2. The Hall–Kier alpha value is -3.17. The zero-order valence-corrected chi connectivity index (χ0v) is 19.6. The molecule has 168 valence electrons. The molecule has 5 rings (SSSR count). The van der Waals surface area contributed by atoms with Gasteiger partial charge in [0.2, 0.25) is 5.91 Å². The summed E-state index contributed by atoms with van der Waals surface area (Å²) in [6.45, 7) is 3.91. The smallest absolute Gasteiger partial charge is 0.289 e. The van der Waals surface area contributed by atoms with Crippen molar-refractivity contribution in [2.45, 2.75) is 17.2 Å². The first-order valence-corrected chi connectivity index (χ1v) is 12.4. The molecule has 4 aromatic rings. The second kappa shape index (κ2) is 9.36. The zero-order chi connectivity index (χ0) is 22.8. The maximum atomic E-state index is 13.1. The highest BCUT2D eigenvalue weighted by molar-refractivity contribution is 8.00. The molecule has 1 aromatic carbocycles. The predicted molar refractivity (Wildman–Crippen MR) is 129 cm³/mol. The number of hydrogen-bond acceptors (Lipinski definition) is 7. The minimum Gasteiger partial charge on any atom is -0.459 e. The fourth-order valence-electron chi connectivity index (χ4n) is 3.82. The van der Waals surface area contributed by atoms with Crippen LogP contribution in [-0.4, -0.2) is 63.0 Å². The van der Waals surface area contributed by atoms with Crippen LogP contribution in [0.15, 0.2) is 70.6 Å². The third-order valence-corrected chi connectivity index (χ3v) is 7.98. The normalized spacial score (nSPS) is 15.1. The third-order valence-electron chi connectivity index (χ3n) is 5.58. The van der Waals surface area contributed by atoms with Crippen molar-refractivity contribution in [3.05, 3.63) is 66.9 Å². The molecule has 1 aliphatic heterocycles. The maximum absolute atomic E-state index is 13.1. The van der Waals surface area contributed by atoms with Gasteiger partial charge in [0.25, 0.3) is 5.91 Å². The van der Waals surface area contributed by atoms with Crippen molar-refractivity contribution in [1.29, 1.82) is 0 Å². The number of thioether (sulfide) groups is 1. The van der Waals surface area contributed by atoms with Gasteiger partial charge in [-0.25, -0.2) is 9.97 Å². The number of benzene rings is 1. The number of carbonyl (C=O) groups excluding carboxylic acids is 2. The van der Waals surface area contributed by atoms with Crippen molar-refractivity contribution in [3.63, 3.8) is 0 Å². The number of furan rings is 1. The van der Waals surface area contributed by atoms with Crippen molar-refractivity contribution in [2.24, 2.45) is 0 Å². The lowest BCUT2D eigenvalue weighted by Gasteiger charge is -2.35. The first kappa shape index (κ1) is 21.7. The van der Waals surface area contributed by atoms with E-state index in [4.69, 9.17) is 4.42 Å². The SMILES string of the molecule is C[C@H](Sc1ncnc2cc(-c3ccccc3)sc12)C(=O)N1CCN(C(=O)c2ccco2)CC1. The van der Waals surface area contributed by atoms with Crippen LogP contribution in [0.2, 0.25) is 0 Å². The summed E-state index contributed by atoms with van der Waals surface area (Å²) in [4.78, 5) is 39.1. The molecule has 33 heavy (non-hydrogen) atoms. The summed E-state index contributed by atoms with van der Waals surface area (Å²) in [5.41, 5.74) is 2.03. The molecule has 7 nitrogen and oxygen atoms in total. The Morgan fingerprint density at radius 1 is 1.03 bits per heavy atom.